The van der Waals surface area contributed by atoms with E-state index in [0.29, 0.717) is 0 Å². The molecule has 1 aliphatic heterocycles. The molecule has 0 bridgehead atoms. The van der Waals surface area contributed by atoms with Gasteiger partial charge in [0.1, 0.15) is 5.82 Å². The molecular formula is C14H24N4O. The Hall–Kier alpha value is -1.36. The Labute approximate surface area is 115 Å². The lowest BCUT2D eigenvalue weighted by Gasteiger charge is -2.28. The molecule has 1 fully saturated rings. The van der Waals surface area contributed by atoms with E-state index in [1.54, 1.807) is 0 Å². The minimum absolute atomic E-state index is 0.760. The maximum absolute atomic E-state index is 5.38. The smallest absolute Gasteiger partial charge is 0.227 e. The summed E-state index contributed by atoms with van der Waals surface area (Å²) in [7, 11) is 0. The Morgan fingerprint density at radius 3 is 2.58 bits per heavy atom. The zero-order chi connectivity index (χ0) is 13.7. The van der Waals surface area contributed by atoms with Crippen LogP contribution in [0.2, 0.25) is 0 Å². The molecule has 0 aromatic carbocycles. The van der Waals surface area contributed by atoms with Gasteiger partial charge in [0, 0.05) is 25.2 Å². The molecule has 0 radical (unpaired) electrons. The van der Waals surface area contributed by atoms with Crippen molar-refractivity contribution in [1.29, 1.82) is 0 Å². The number of anilines is 2. The minimum Gasteiger partial charge on any atom is -0.378 e. The first-order valence-corrected chi connectivity index (χ1v) is 7.20. The maximum Gasteiger partial charge on any atom is 0.227 e. The molecule has 1 N–H and O–H groups in total. The first kappa shape index (κ1) is 14.1. The lowest BCUT2D eigenvalue weighted by Crippen LogP contribution is -2.37. The van der Waals surface area contributed by atoms with Crippen molar-refractivity contribution in [2.75, 3.05) is 43.1 Å². The van der Waals surface area contributed by atoms with Crippen LogP contribution in [0.4, 0.5) is 11.8 Å². The number of morpholine rings is 1. The third kappa shape index (κ3) is 3.35. The van der Waals surface area contributed by atoms with Crippen molar-refractivity contribution < 1.29 is 4.74 Å². The highest BCUT2D eigenvalue weighted by molar-refractivity contribution is 5.51. The number of hydrogen-bond acceptors (Lipinski definition) is 5. The highest BCUT2D eigenvalue weighted by Gasteiger charge is 2.17. The maximum atomic E-state index is 5.38. The molecule has 0 spiro atoms. The molecule has 1 aromatic rings. The van der Waals surface area contributed by atoms with Crippen molar-refractivity contribution in [3.05, 3.63) is 11.3 Å². The molecule has 0 atom stereocenters. The highest BCUT2D eigenvalue weighted by atomic mass is 16.5. The van der Waals surface area contributed by atoms with E-state index in [-0.39, 0.29) is 0 Å². The molecule has 1 aromatic heterocycles. The predicted octanol–water partition coefficient (Wildman–Crippen LogP) is 2.01. The van der Waals surface area contributed by atoms with E-state index < -0.39 is 0 Å². The second kappa shape index (κ2) is 6.70. The van der Waals surface area contributed by atoms with Gasteiger partial charge in [0.15, 0.2) is 0 Å². The van der Waals surface area contributed by atoms with Crippen molar-refractivity contribution in [1.82, 2.24) is 9.97 Å². The number of nitrogens with one attached hydrogen (secondary N) is 1. The fourth-order valence-electron chi connectivity index (χ4n) is 2.21. The third-order valence-corrected chi connectivity index (χ3v) is 3.41. The Morgan fingerprint density at radius 2 is 1.95 bits per heavy atom. The molecule has 1 aliphatic rings. The molecule has 0 unspecified atom stereocenters. The number of nitrogens with zero attached hydrogens (tertiary/aromatic N) is 3. The standard InChI is InChI=1S/C14H24N4O/c1-4-6-15-13-11(3)12(5-2)16-14(17-13)18-7-9-19-10-8-18/h4-10H2,1-3H3,(H,15,16,17). The largest absolute Gasteiger partial charge is 0.378 e. The second-order valence-corrected chi connectivity index (χ2v) is 4.82. The lowest BCUT2D eigenvalue weighted by atomic mass is 10.2. The van der Waals surface area contributed by atoms with Gasteiger partial charge in [-0.15, -0.1) is 0 Å². The monoisotopic (exact) mass is 264 g/mol. The van der Waals surface area contributed by atoms with E-state index in [1.165, 1.54) is 5.56 Å². The second-order valence-electron chi connectivity index (χ2n) is 4.82. The Balaban J connectivity index is 2.26. The molecule has 5 heteroatoms. The molecule has 0 saturated carbocycles. The fourth-order valence-corrected chi connectivity index (χ4v) is 2.21. The molecule has 0 amide bonds. The van der Waals surface area contributed by atoms with Crippen LogP contribution in [0.3, 0.4) is 0 Å². The molecule has 106 valence electrons. The normalized spacial score (nSPS) is 15.6. The van der Waals surface area contributed by atoms with Crippen LogP contribution in [-0.4, -0.2) is 42.8 Å². The van der Waals surface area contributed by atoms with Crippen LogP contribution in [0, 0.1) is 6.92 Å². The van der Waals surface area contributed by atoms with Gasteiger partial charge < -0.3 is 15.0 Å². The fraction of sp³-hybridized carbons (Fsp3) is 0.714. The van der Waals surface area contributed by atoms with Crippen LogP contribution < -0.4 is 10.2 Å². The van der Waals surface area contributed by atoms with Gasteiger partial charge in [-0.2, -0.15) is 4.98 Å². The molecular weight excluding hydrogens is 240 g/mol. The van der Waals surface area contributed by atoms with E-state index in [2.05, 4.69) is 31.0 Å². The van der Waals surface area contributed by atoms with Crippen molar-refractivity contribution in [3.63, 3.8) is 0 Å². The van der Waals surface area contributed by atoms with Gasteiger partial charge in [0.2, 0.25) is 5.95 Å². The summed E-state index contributed by atoms with van der Waals surface area (Å²) < 4.78 is 5.38. The molecule has 1 saturated heterocycles. The lowest BCUT2D eigenvalue weighted by molar-refractivity contribution is 0.122. The van der Waals surface area contributed by atoms with Crippen LogP contribution in [0.25, 0.3) is 0 Å². The van der Waals surface area contributed by atoms with E-state index in [0.717, 1.165) is 63.1 Å². The quantitative estimate of drug-likeness (QED) is 0.881. The molecule has 0 aliphatic carbocycles. The molecule has 2 heterocycles. The van der Waals surface area contributed by atoms with Crippen molar-refractivity contribution in [2.45, 2.75) is 33.6 Å². The van der Waals surface area contributed by atoms with Gasteiger partial charge in [-0.05, 0) is 19.8 Å². The van der Waals surface area contributed by atoms with E-state index in [4.69, 9.17) is 14.7 Å². The van der Waals surface area contributed by atoms with E-state index in [1.807, 2.05) is 0 Å². The Morgan fingerprint density at radius 1 is 1.21 bits per heavy atom. The third-order valence-electron chi connectivity index (χ3n) is 3.41. The number of hydrogen-bond donors (Lipinski definition) is 1. The van der Waals surface area contributed by atoms with Gasteiger partial charge >= 0.3 is 0 Å². The number of rotatable bonds is 5. The summed E-state index contributed by atoms with van der Waals surface area (Å²) in [5, 5.41) is 3.41. The summed E-state index contributed by atoms with van der Waals surface area (Å²) in [6, 6.07) is 0. The molecule has 5 nitrogen and oxygen atoms in total. The summed E-state index contributed by atoms with van der Waals surface area (Å²) in [6.07, 6.45) is 2.03. The first-order chi connectivity index (χ1) is 9.26. The SMILES string of the molecule is CCCNc1nc(N2CCOCC2)nc(CC)c1C. The van der Waals surface area contributed by atoms with Crippen molar-refractivity contribution in [3.8, 4) is 0 Å². The van der Waals surface area contributed by atoms with E-state index in [9.17, 15) is 0 Å². The van der Waals surface area contributed by atoms with E-state index >= 15 is 0 Å². The molecule has 19 heavy (non-hydrogen) atoms. The average molecular weight is 264 g/mol. The molecule has 2 rings (SSSR count). The van der Waals surface area contributed by atoms with Gasteiger partial charge in [-0.1, -0.05) is 13.8 Å². The zero-order valence-electron chi connectivity index (χ0n) is 12.2. The Bertz CT molecular complexity index is 416. The summed E-state index contributed by atoms with van der Waals surface area (Å²) in [5.41, 5.74) is 2.31. The number of aryl methyl sites for hydroxylation is 1. The zero-order valence-corrected chi connectivity index (χ0v) is 12.2. The topological polar surface area (TPSA) is 50.3 Å². The first-order valence-electron chi connectivity index (χ1n) is 7.20. The number of aromatic nitrogens is 2. The van der Waals surface area contributed by atoms with Crippen LogP contribution in [-0.2, 0) is 11.2 Å². The van der Waals surface area contributed by atoms with Gasteiger partial charge in [0.25, 0.3) is 0 Å². The van der Waals surface area contributed by atoms with Crippen LogP contribution >= 0.6 is 0 Å². The summed E-state index contributed by atoms with van der Waals surface area (Å²) in [6.45, 7) is 10.6. The predicted molar refractivity (Wildman–Crippen MR) is 78.0 cm³/mol. The van der Waals surface area contributed by atoms with Crippen molar-refractivity contribution >= 4 is 11.8 Å². The number of ether oxygens (including phenoxy) is 1. The highest BCUT2D eigenvalue weighted by Crippen LogP contribution is 2.21. The Kier molecular flexibility index (Phi) is 4.96. The van der Waals surface area contributed by atoms with Crippen LogP contribution in [0.1, 0.15) is 31.5 Å². The minimum atomic E-state index is 0.760. The van der Waals surface area contributed by atoms with Gasteiger partial charge in [0.05, 0.1) is 18.9 Å². The van der Waals surface area contributed by atoms with Crippen molar-refractivity contribution in [2.24, 2.45) is 0 Å². The summed E-state index contributed by atoms with van der Waals surface area (Å²) >= 11 is 0. The summed E-state index contributed by atoms with van der Waals surface area (Å²) in [5.74, 6) is 1.82. The van der Waals surface area contributed by atoms with Gasteiger partial charge in [-0.3, -0.25) is 0 Å². The van der Waals surface area contributed by atoms with Crippen LogP contribution in [0.15, 0.2) is 0 Å². The van der Waals surface area contributed by atoms with Gasteiger partial charge in [-0.25, -0.2) is 4.98 Å². The van der Waals surface area contributed by atoms with Crippen LogP contribution in [0.5, 0.6) is 0 Å². The average Bonchev–Trinajstić information content (AvgIpc) is 2.47. The summed E-state index contributed by atoms with van der Waals surface area (Å²) in [4.78, 5) is 11.6.